The Morgan fingerprint density at radius 2 is 2.00 bits per heavy atom. The van der Waals surface area contributed by atoms with E-state index in [2.05, 4.69) is 15.3 Å². The molecule has 0 atom stereocenters. The smallest absolute Gasteiger partial charge is 0.293 e. The normalized spacial score (nSPS) is 10.7. The van der Waals surface area contributed by atoms with E-state index in [1.54, 1.807) is 0 Å². The molecule has 0 amide bonds. The van der Waals surface area contributed by atoms with Crippen molar-refractivity contribution in [3.05, 3.63) is 74.3 Å². The Balaban J connectivity index is 1.98. The molecule has 0 aliphatic rings. The van der Waals surface area contributed by atoms with Gasteiger partial charge in [0, 0.05) is 12.6 Å². The van der Waals surface area contributed by atoms with Crippen molar-refractivity contribution < 1.29 is 4.92 Å². The number of nitro benzene ring substituents is 1. The Labute approximate surface area is 131 Å². The van der Waals surface area contributed by atoms with E-state index >= 15 is 0 Å². The first-order chi connectivity index (χ1) is 11.0. The van der Waals surface area contributed by atoms with Crippen LogP contribution >= 0.6 is 0 Å². The molecule has 7 heteroatoms. The number of nitrogens with zero attached hydrogens (tertiary/aromatic N) is 2. The zero-order valence-corrected chi connectivity index (χ0v) is 12.4. The van der Waals surface area contributed by atoms with Gasteiger partial charge in [0.25, 0.3) is 11.2 Å². The number of benzene rings is 2. The third kappa shape index (κ3) is 3.03. The van der Waals surface area contributed by atoms with Crippen molar-refractivity contribution in [1.82, 2.24) is 9.97 Å². The standard InChI is InChI=1S/C16H14N4O3/c1-10-2-4-11(5-3-10)8-17-14-7-13-12(6-15(14)20(22)23)16(21)19-9-18-13/h2-7,9,17H,8H2,1H3,(H,18,19,21). The van der Waals surface area contributed by atoms with E-state index in [1.807, 2.05) is 31.2 Å². The summed E-state index contributed by atoms with van der Waals surface area (Å²) in [5, 5.41) is 14.5. The zero-order valence-electron chi connectivity index (χ0n) is 12.4. The molecule has 0 saturated carbocycles. The highest BCUT2D eigenvalue weighted by molar-refractivity contribution is 5.86. The van der Waals surface area contributed by atoms with Crippen molar-refractivity contribution in [2.24, 2.45) is 0 Å². The maximum atomic E-state index is 11.7. The van der Waals surface area contributed by atoms with Gasteiger partial charge < -0.3 is 10.3 Å². The second-order valence-corrected chi connectivity index (χ2v) is 5.21. The molecule has 3 aromatic rings. The third-order valence-corrected chi connectivity index (χ3v) is 3.56. The maximum absolute atomic E-state index is 11.7. The number of nitrogens with one attached hydrogen (secondary N) is 2. The first-order valence-electron chi connectivity index (χ1n) is 7.00. The van der Waals surface area contributed by atoms with Crippen LogP contribution in [-0.4, -0.2) is 14.9 Å². The predicted octanol–water partition coefficient (Wildman–Crippen LogP) is 2.75. The number of H-pyrrole nitrogens is 1. The number of aryl methyl sites for hydroxylation is 1. The molecule has 1 aromatic heterocycles. The second kappa shape index (κ2) is 5.88. The molecule has 2 N–H and O–H groups in total. The molecule has 0 aliphatic carbocycles. The first kappa shape index (κ1) is 14.7. The van der Waals surface area contributed by atoms with Crippen molar-refractivity contribution in [1.29, 1.82) is 0 Å². The molecule has 7 nitrogen and oxygen atoms in total. The maximum Gasteiger partial charge on any atom is 0.293 e. The van der Waals surface area contributed by atoms with E-state index in [4.69, 9.17) is 0 Å². The van der Waals surface area contributed by atoms with Gasteiger partial charge in [0.05, 0.1) is 22.2 Å². The fourth-order valence-corrected chi connectivity index (χ4v) is 2.30. The molecule has 23 heavy (non-hydrogen) atoms. The van der Waals surface area contributed by atoms with E-state index in [-0.39, 0.29) is 11.1 Å². The average Bonchev–Trinajstić information content (AvgIpc) is 2.54. The number of hydrogen-bond donors (Lipinski definition) is 2. The number of rotatable bonds is 4. The summed E-state index contributed by atoms with van der Waals surface area (Å²) < 4.78 is 0. The van der Waals surface area contributed by atoms with Crippen LogP contribution in [0.3, 0.4) is 0 Å². The van der Waals surface area contributed by atoms with Crippen LogP contribution in [0.1, 0.15) is 11.1 Å². The predicted molar refractivity (Wildman–Crippen MR) is 87.5 cm³/mol. The van der Waals surface area contributed by atoms with Gasteiger partial charge in [0.15, 0.2) is 0 Å². The molecule has 0 aliphatic heterocycles. The highest BCUT2D eigenvalue weighted by Crippen LogP contribution is 2.28. The van der Waals surface area contributed by atoms with Gasteiger partial charge in [-0.25, -0.2) is 4.98 Å². The highest BCUT2D eigenvalue weighted by Gasteiger charge is 2.17. The van der Waals surface area contributed by atoms with E-state index < -0.39 is 10.5 Å². The van der Waals surface area contributed by atoms with Gasteiger partial charge in [-0.3, -0.25) is 14.9 Å². The van der Waals surface area contributed by atoms with Crippen LogP contribution in [0.5, 0.6) is 0 Å². The number of anilines is 1. The second-order valence-electron chi connectivity index (χ2n) is 5.21. The fraction of sp³-hybridized carbons (Fsp3) is 0.125. The lowest BCUT2D eigenvalue weighted by Crippen LogP contribution is -2.09. The number of nitro groups is 1. The van der Waals surface area contributed by atoms with Crippen LogP contribution in [-0.2, 0) is 6.54 Å². The number of aromatic nitrogens is 2. The van der Waals surface area contributed by atoms with Crippen molar-refractivity contribution >= 4 is 22.3 Å². The van der Waals surface area contributed by atoms with Gasteiger partial charge >= 0.3 is 0 Å². The Hall–Kier alpha value is -3.22. The molecular formula is C16H14N4O3. The fourth-order valence-electron chi connectivity index (χ4n) is 2.30. The van der Waals surface area contributed by atoms with Gasteiger partial charge in [0.2, 0.25) is 0 Å². The monoisotopic (exact) mass is 310 g/mol. The summed E-state index contributed by atoms with van der Waals surface area (Å²) in [4.78, 5) is 29.0. The molecule has 0 radical (unpaired) electrons. The van der Waals surface area contributed by atoms with Crippen LogP contribution in [0.25, 0.3) is 10.9 Å². The number of hydrogen-bond acceptors (Lipinski definition) is 5. The minimum absolute atomic E-state index is 0.150. The Morgan fingerprint density at radius 3 is 2.70 bits per heavy atom. The van der Waals surface area contributed by atoms with Gasteiger partial charge in [-0.15, -0.1) is 0 Å². The van der Waals surface area contributed by atoms with Gasteiger partial charge in [-0.05, 0) is 18.6 Å². The van der Waals surface area contributed by atoms with Crippen LogP contribution in [0.15, 0.2) is 47.5 Å². The Bertz CT molecular complexity index is 932. The molecule has 0 unspecified atom stereocenters. The summed E-state index contributed by atoms with van der Waals surface area (Å²) in [5.41, 5.74) is 2.34. The van der Waals surface area contributed by atoms with Crippen LogP contribution in [0, 0.1) is 17.0 Å². The van der Waals surface area contributed by atoms with Gasteiger partial charge in [-0.1, -0.05) is 29.8 Å². The third-order valence-electron chi connectivity index (χ3n) is 3.56. The minimum atomic E-state index is -0.511. The lowest BCUT2D eigenvalue weighted by Gasteiger charge is -2.08. The summed E-state index contributed by atoms with van der Waals surface area (Å²) in [6, 6.07) is 10.6. The quantitative estimate of drug-likeness (QED) is 0.570. The average molecular weight is 310 g/mol. The topological polar surface area (TPSA) is 101 Å². The molecule has 116 valence electrons. The summed E-state index contributed by atoms with van der Waals surface area (Å²) >= 11 is 0. The van der Waals surface area contributed by atoms with E-state index in [9.17, 15) is 14.9 Å². The van der Waals surface area contributed by atoms with Crippen LogP contribution in [0.2, 0.25) is 0 Å². The van der Waals surface area contributed by atoms with Crippen LogP contribution in [0.4, 0.5) is 11.4 Å². The van der Waals surface area contributed by atoms with Gasteiger partial charge in [-0.2, -0.15) is 0 Å². The molecule has 0 spiro atoms. The molecule has 0 saturated heterocycles. The van der Waals surface area contributed by atoms with Crippen LogP contribution < -0.4 is 10.9 Å². The number of aromatic amines is 1. The van der Waals surface area contributed by atoms with E-state index in [1.165, 1.54) is 18.5 Å². The summed E-state index contributed by atoms with van der Waals surface area (Å²) in [5.74, 6) is 0. The highest BCUT2D eigenvalue weighted by atomic mass is 16.6. The SMILES string of the molecule is Cc1ccc(CNc2cc3nc[nH]c(=O)c3cc2[N+](=O)[O-])cc1. The Morgan fingerprint density at radius 1 is 1.26 bits per heavy atom. The summed E-state index contributed by atoms with van der Waals surface area (Å²) in [7, 11) is 0. The molecular weight excluding hydrogens is 296 g/mol. The lowest BCUT2D eigenvalue weighted by atomic mass is 10.1. The van der Waals surface area contributed by atoms with Crippen molar-refractivity contribution in [2.45, 2.75) is 13.5 Å². The molecule has 2 aromatic carbocycles. The minimum Gasteiger partial charge on any atom is -0.375 e. The molecule has 0 bridgehead atoms. The first-order valence-corrected chi connectivity index (χ1v) is 7.00. The van der Waals surface area contributed by atoms with Gasteiger partial charge in [0.1, 0.15) is 5.69 Å². The lowest BCUT2D eigenvalue weighted by molar-refractivity contribution is -0.383. The van der Waals surface area contributed by atoms with E-state index in [0.29, 0.717) is 17.7 Å². The van der Waals surface area contributed by atoms with Crippen molar-refractivity contribution in [3.8, 4) is 0 Å². The van der Waals surface area contributed by atoms with E-state index in [0.717, 1.165) is 11.1 Å². The molecule has 0 fully saturated rings. The Kier molecular flexibility index (Phi) is 3.76. The summed E-state index contributed by atoms with van der Waals surface area (Å²) in [6.45, 7) is 2.43. The van der Waals surface area contributed by atoms with Crippen molar-refractivity contribution in [3.63, 3.8) is 0 Å². The molecule has 3 rings (SSSR count). The largest absolute Gasteiger partial charge is 0.375 e. The summed E-state index contributed by atoms with van der Waals surface area (Å²) in [6.07, 6.45) is 1.28. The molecule has 1 heterocycles. The van der Waals surface area contributed by atoms with Crippen molar-refractivity contribution in [2.75, 3.05) is 5.32 Å². The zero-order chi connectivity index (χ0) is 16.4. The number of fused-ring (bicyclic) bond motifs is 1.